The van der Waals surface area contributed by atoms with Crippen LogP contribution in [0.4, 0.5) is 0 Å². The molecule has 21 heavy (non-hydrogen) atoms. The largest absolute Gasteiger partial charge is 0.478 e. The number of hydrogen-bond donors (Lipinski definition) is 2. The van der Waals surface area contributed by atoms with Gasteiger partial charge in [-0.05, 0) is 23.8 Å². The van der Waals surface area contributed by atoms with Crippen LogP contribution in [0.3, 0.4) is 0 Å². The van der Waals surface area contributed by atoms with E-state index in [0.717, 1.165) is 11.1 Å². The Morgan fingerprint density at radius 2 is 2.24 bits per heavy atom. The van der Waals surface area contributed by atoms with E-state index in [2.05, 4.69) is 10.3 Å². The van der Waals surface area contributed by atoms with E-state index in [4.69, 9.17) is 5.11 Å². The van der Waals surface area contributed by atoms with Gasteiger partial charge in [0.05, 0.1) is 5.01 Å². The predicted molar refractivity (Wildman–Crippen MR) is 81.3 cm³/mol. The minimum absolute atomic E-state index is 0.183. The number of hydrogen-bond acceptors (Lipinski definition) is 4. The second-order valence-electron chi connectivity index (χ2n) is 4.23. The highest BCUT2D eigenvalue weighted by Crippen LogP contribution is 2.08. The molecule has 2 N–H and O–H groups in total. The first-order chi connectivity index (χ1) is 10.1. The van der Waals surface area contributed by atoms with Gasteiger partial charge in [0.2, 0.25) is 0 Å². The van der Waals surface area contributed by atoms with E-state index in [1.54, 1.807) is 41.8 Å². The van der Waals surface area contributed by atoms with Crippen molar-refractivity contribution in [2.75, 3.05) is 6.54 Å². The fraction of sp³-hybridized carbons (Fsp3) is 0.133. The van der Waals surface area contributed by atoms with E-state index in [1.807, 2.05) is 5.38 Å². The topological polar surface area (TPSA) is 79.3 Å². The minimum Gasteiger partial charge on any atom is -0.478 e. The first-order valence-corrected chi connectivity index (χ1v) is 7.21. The fourth-order valence-electron chi connectivity index (χ4n) is 1.71. The normalized spacial score (nSPS) is 10.7. The molecule has 0 aliphatic carbocycles. The molecular weight excluding hydrogens is 288 g/mol. The average Bonchev–Trinajstić information content (AvgIpc) is 2.98. The molecular formula is C15H14N2O3S. The van der Waals surface area contributed by atoms with Crippen LogP contribution < -0.4 is 5.32 Å². The lowest BCUT2D eigenvalue weighted by Gasteiger charge is -2.04. The zero-order valence-electron chi connectivity index (χ0n) is 11.2. The molecule has 0 unspecified atom stereocenters. The molecule has 0 aliphatic rings. The number of amides is 1. The summed E-state index contributed by atoms with van der Waals surface area (Å²) in [5.74, 6) is -1.20. The van der Waals surface area contributed by atoms with Crippen molar-refractivity contribution in [1.29, 1.82) is 0 Å². The van der Waals surface area contributed by atoms with Gasteiger partial charge in [0.25, 0.3) is 5.91 Å². The minimum atomic E-state index is -1.02. The predicted octanol–water partition coefficient (Wildman–Crippen LogP) is 2.21. The lowest BCUT2D eigenvalue weighted by Crippen LogP contribution is -2.25. The number of aliphatic carboxylic acids is 1. The Kier molecular flexibility index (Phi) is 5.22. The van der Waals surface area contributed by atoms with Gasteiger partial charge < -0.3 is 10.4 Å². The number of thiazole rings is 1. The maximum absolute atomic E-state index is 12.0. The van der Waals surface area contributed by atoms with Crippen LogP contribution in [0.2, 0.25) is 0 Å². The Morgan fingerprint density at radius 3 is 2.95 bits per heavy atom. The van der Waals surface area contributed by atoms with E-state index in [-0.39, 0.29) is 5.91 Å². The zero-order valence-corrected chi connectivity index (χ0v) is 12.0. The number of nitrogens with one attached hydrogen (secondary N) is 1. The molecule has 0 fully saturated rings. The van der Waals surface area contributed by atoms with E-state index in [1.165, 1.54) is 6.08 Å². The van der Waals surface area contributed by atoms with Crippen LogP contribution in [0.25, 0.3) is 6.08 Å². The van der Waals surface area contributed by atoms with E-state index >= 15 is 0 Å². The highest BCUT2D eigenvalue weighted by molar-refractivity contribution is 7.09. The summed E-state index contributed by atoms with van der Waals surface area (Å²) < 4.78 is 0. The molecule has 0 saturated heterocycles. The monoisotopic (exact) mass is 302 g/mol. The van der Waals surface area contributed by atoms with Gasteiger partial charge in [-0.25, -0.2) is 9.78 Å². The molecule has 2 rings (SSSR count). The fourth-order valence-corrected chi connectivity index (χ4v) is 2.33. The highest BCUT2D eigenvalue weighted by atomic mass is 32.1. The van der Waals surface area contributed by atoms with Gasteiger partial charge in [0.15, 0.2) is 0 Å². The first-order valence-electron chi connectivity index (χ1n) is 6.33. The zero-order chi connectivity index (χ0) is 15.1. The van der Waals surface area contributed by atoms with Crippen molar-refractivity contribution < 1.29 is 14.7 Å². The number of aromatic nitrogens is 1. The Labute approximate surface area is 126 Å². The molecule has 5 nitrogen and oxygen atoms in total. The molecule has 1 aromatic carbocycles. The smallest absolute Gasteiger partial charge is 0.328 e. The number of benzene rings is 1. The Morgan fingerprint density at radius 1 is 1.38 bits per heavy atom. The number of carboxylic acid groups (broad SMARTS) is 1. The summed E-state index contributed by atoms with van der Waals surface area (Å²) in [4.78, 5) is 26.6. The lowest BCUT2D eigenvalue weighted by atomic mass is 10.1. The van der Waals surface area contributed by atoms with Crippen molar-refractivity contribution in [2.24, 2.45) is 0 Å². The van der Waals surface area contributed by atoms with Gasteiger partial charge >= 0.3 is 5.97 Å². The van der Waals surface area contributed by atoms with Crippen molar-refractivity contribution in [3.63, 3.8) is 0 Å². The molecule has 0 aliphatic heterocycles. The van der Waals surface area contributed by atoms with Crippen LogP contribution in [0.5, 0.6) is 0 Å². The van der Waals surface area contributed by atoms with Crippen molar-refractivity contribution >= 4 is 29.3 Å². The molecule has 0 radical (unpaired) electrons. The summed E-state index contributed by atoms with van der Waals surface area (Å²) in [6.45, 7) is 0.515. The van der Waals surface area contributed by atoms with E-state index < -0.39 is 5.97 Å². The summed E-state index contributed by atoms with van der Waals surface area (Å²) in [6, 6.07) is 6.80. The molecule has 0 saturated carbocycles. The molecule has 0 bridgehead atoms. The molecule has 0 spiro atoms. The lowest BCUT2D eigenvalue weighted by molar-refractivity contribution is -0.131. The van der Waals surface area contributed by atoms with Crippen LogP contribution in [0, 0.1) is 0 Å². The van der Waals surface area contributed by atoms with Crippen LogP contribution in [0.15, 0.2) is 41.9 Å². The van der Waals surface area contributed by atoms with Gasteiger partial charge in [-0.3, -0.25) is 4.79 Å². The number of carbonyl (C=O) groups is 2. The quantitative estimate of drug-likeness (QED) is 0.802. The van der Waals surface area contributed by atoms with Crippen LogP contribution >= 0.6 is 11.3 Å². The van der Waals surface area contributed by atoms with Gasteiger partial charge in [0, 0.05) is 36.2 Å². The van der Waals surface area contributed by atoms with Crippen molar-refractivity contribution in [1.82, 2.24) is 10.3 Å². The van der Waals surface area contributed by atoms with Crippen LogP contribution in [-0.2, 0) is 11.2 Å². The molecule has 2 aromatic rings. The third-order valence-corrected chi connectivity index (χ3v) is 3.51. The number of rotatable bonds is 6. The first kappa shape index (κ1) is 14.9. The van der Waals surface area contributed by atoms with Gasteiger partial charge in [0.1, 0.15) is 0 Å². The third-order valence-electron chi connectivity index (χ3n) is 2.68. The molecule has 1 amide bonds. The maximum Gasteiger partial charge on any atom is 0.328 e. The van der Waals surface area contributed by atoms with Crippen LogP contribution in [-0.4, -0.2) is 28.5 Å². The maximum atomic E-state index is 12.0. The second kappa shape index (κ2) is 7.35. The molecule has 108 valence electrons. The molecule has 1 aromatic heterocycles. The highest BCUT2D eigenvalue weighted by Gasteiger charge is 2.05. The number of nitrogens with zero attached hydrogens (tertiary/aromatic N) is 1. The summed E-state index contributed by atoms with van der Waals surface area (Å²) in [5.41, 5.74) is 1.17. The van der Waals surface area contributed by atoms with Crippen molar-refractivity contribution in [3.8, 4) is 0 Å². The molecule has 0 atom stereocenters. The van der Waals surface area contributed by atoms with Crippen LogP contribution in [0.1, 0.15) is 20.9 Å². The summed E-state index contributed by atoms with van der Waals surface area (Å²) in [7, 11) is 0. The third kappa shape index (κ3) is 4.85. The van der Waals surface area contributed by atoms with E-state index in [0.29, 0.717) is 24.1 Å². The van der Waals surface area contributed by atoms with Crippen molar-refractivity contribution in [3.05, 3.63) is 58.1 Å². The Balaban J connectivity index is 1.92. The Bertz CT molecular complexity index is 651. The molecule has 6 heteroatoms. The number of carbonyl (C=O) groups excluding carboxylic acids is 1. The SMILES string of the molecule is O=C(O)C=Cc1cccc(C(=O)NCCc2nccs2)c1. The second-order valence-corrected chi connectivity index (χ2v) is 5.21. The molecule has 1 heterocycles. The Hall–Kier alpha value is -2.47. The standard InChI is InChI=1S/C15H14N2O3S/c18-14(19)5-4-11-2-1-3-12(10-11)15(20)17-7-6-13-16-8-9-21-13/h1-5,8-10H,6-7H2,(H,17,20)(H,18,19). The average molecular weight is 302 g/mol. The van der Waals surface area contributed by atoms with Gasteiger partial charge in [-0.2, -0.15) is 0 Å². The summed E-state index contributed by atoms with van der Waals surface area (Å²) >= 11 is 1.55. The summed E-state index contributed by atoms with van der Waals surface area (Å²) in [5, 5.41) is 14.3. The van der Waals surface area contributed by atoms with Gasteiger partial charge in [-0.15, -0.1) is 11.3 Å². The number of carboxylic acids is 1. The summed E-state index contributed by atoms with van der Waals surface area (Å²) in [6.07, 6.45) is 4.93. The van der Waals surface area contributed by atoms with Gasteiger partial charge in [-0.1, -0.05) is 12.1 Å². The van der Waals surface area contributed by atoms with Crippen molar-refractivity contribution in [2.45, 2.75) is 6.42 Å². The van der Waals surface area contributed by atoms with E-state index in [9.17, 15) is 9.59 Å².